The van der Waals surface area contributed by atoms with E-state index in [-0.39, 0.29) is 0 Å². The Kier molecular flexibility index (Phi) is 3.85. The summed E-state index contributed by atoms with van der Waals surface area (Å²) in [7, 11) is 0. The summed E-state index contributed by atoms with van der Waals surface area (Å²) in [6.45, 7) is 2.02. The first-order valence-corrected chi connectivity index (χ1v) is 7.17. The molecule has 84 valence electrons. The minimum Gasteiger partial charge on any atom is -0.384 e. The fourth-order valence-electron chi connectivity index (χ4n) is 1.56. The standard InChI is InChI=1S/C12H10Br2OS/c1-7-3-2-4-8(5-7)11(15)9-6-10(13)16-12(9)14/h2-6,11,15H,1H3. The predicted octanol–water partition coefficient (Wildman–Crippen LogP) is 4.66. The molecule has 1 unspecified atom stereocenters. The summed E-state index contributed by atoms with van der Waals surface area (Å²) in [5, 5.41) is 10.3. The van der Waals surface area contributed by atoms with Crippen LogP contribution in [0.4, 0.5) is 0 Å². The zero-order chi connectivity index (χ0) is 11.7. The summed E-state index contributed by atoms with van der Waals surface area (Å²) in [6, 6.07) is 9.87. The van der Waals surface area contributed by atoms with Gasteiger partial charge in [0.2, 0.25) is 0 Å². The molecule has 0 bridgehead atoms. The Morgan fingerprint density at radius 1 is 1.25 bits per heavy atom. The van der Waals surface area contributed by atoms with E-state index < -0.39 is 6.10 Å². The quantitative estimate of drug-likeness (QED) is 0.824. The van der Waals surface area contributed by atoms with Gasteiger partial charge >= 0.3 is 0 Å². The Morgan fingerprint density at radius 3 is 2.56 bits per heavy atom. The highest BCUT2D eigenvalue weighted by atomic mass is 79.9. The minimum absolute atomic E-state index is 0.572. The molecule has 2 aromatic rings. The van der Waals surface area contributed by atoms with E-state index in [4.69, 9.17) is 0 Å². The van der Waals surface area contributed by atoms with E-state index in [1.807, 2.05) is 37.3 Å². The lowest BCUT2D eigenvalue weighted by atomic mass is 10.0. The second kappa shape index (κ2) is 5.00. The van der Waals surface area contributed by atoms with Gasteiger partial charge in [-0.15, -0.1) is 11.3 Å². The molecule has 1 aromatic carbocycles. The number of benzene rings is 1. The van der Waals surface area contributed by atoms with Crippen molar-refractivity contribution in [2.24, 2.45) is 0 Å². The van der Waals surface area contributed by atoms with Crippen LogP contribution in [0.5, 0.6) is 0 Å². The van der Waals surface area contributed by atoms with Crippen LogP contribution in [0.25, 0.3) is 0 Å². The predicted molar refractivity (Wildman–Crippen MR) is 75.0 cm³/mol. The van der Waals surface area contributed by atoms with Gasteiger partial charge in [-0.3, -0.25) is 0 Å². The number of rotatable bonds is 2. The van der Waals surface area contributed by atoms with Crippen molar-refractivity contribution in [2.75, 3.05) is 0 Å². The van der Waals surface area contributed by atoms with Gasteiger partial charge in [0.05, 0.1) is 7.57 Å². The molecule has 2 rings (SSSR count). The minimum atomic E-state index is -0.572. The van der Waals surface area contributed by atoms with Crippen molar-refractivity contribution in [1.29, 1.82) is 0 Å². The maximum absolute atomic E-state index is 10.3. The lowest BCUT2D eigenvalue weighted by Gasteiger charge is -2.10. The smallest absolute Gasteiger partial charge is 0.106 e. The summed E-state index contributed by atoms with van der Waals surface area (Å²) < 4.78 is 1.98. The molecule has 0 fully saturated rings. The Hall–Kier alpha value is -0.160. The number of hydrogen-bond donors (Lipinski definition) is 1. The van der Waals surface area contributed by atoms with E-state index in [1.54, 1.807) is 11.3 Å². The molecule has 0 aliphatic carbocycles. The zero-order valence-corrected chi connectivity index (χ0v) is 12.6. The Bertz CT molecular complexity index is 507. The van der Waals surface area contributed by atoms with Crippen LogP contribution in [0.15, 0.2) is 37.9 Å². The molecule has 4 heteroatoms. The van der Waals surface area contributed by atoms with Gasteiger partial charge in [0.25, 0.3) is 0 Å². The van der Waals surface area contributed by atoms with Crippen molar-refractivity contribution in [3.63, 3.8) is 0 Å². The first kappa shape index (κ1) is 12.3. The fraction of sp³-hybridized carbons (Fsp3) is 0.167. The van der Waals surface area contributed by atoms with E-state index in [0.29, 0.717) is 0 Å². The van der Waals surface area contributed by atoms with E-state index >= 15 is 0 Å². The number of hydrogen-bond acceptors (Lipinski definition) is 2. The van der Waals surface area contributed by atoms with Gasteiger partial charge < -0.3 is 5.11 Å². The fourth-order valence-corrected chi connectivity index (χ4v) is 4.44. The van der Waals surface area contributed by atoms with E-state index in [1.165, 1.54) is 0 Å². The van der Waals surface area contributed by atoms with Crippen LogP contribution in [0.2, 0.25) is 0 Å². The van der Waals surface area contributed by atoms with Crippen molar-refractivity contribution < 1.29 is 5.11 Å². The third-order valence-corrected chi connectivity index (χ3v) is 4.72. The largest absolute Gasteiger partial charge is 0.384 e. The number of aliphatic hydroxyl groups is 1. The molecule has 0 aliphatic rings. The topological polar surface area (TPSA) is 20.2 Å². The molecule has 1 aromatic heterocycles. The van der Waals surface area contributed by atoms with Gasteiger partial charge in [-0.25, -0.2) is 0 Å². The number of aliphatic hydroxyl groups excluding tert-OH is 1. The van der Waals surface area contributed by atoms with E-state index in [2.05, 4.69) is 31.9 Å². The monoisotopic (exact) mass is 360 g/mol. The summed E-state index contributed by atoms with van der Waals surface area (Å²) >= 11 is 8.45. The van der Waals surface area contributed by atoms with Gasteiger partial charge in [-0.1, -0.05) is 29.8 Å². The van der Waals surface area contributed by atoms with Crippen molar-refractivity contribution in [2.45, 2.75) is 13.0 Å². The number of aryl methyl sites for hydroxylation is 1. The van der Waals surface area contributed by atoms with Crippen molar-refractivity contribution in [1.82, 2.24) is 0 Å². The first-order chi connectivity index (χ1) is 7.58. The molecule has 0 saturated carbocycles. The molecule has 0 aliphatic heterocycles. The van der Waals surface area contributed by atoms with Gasteiger partial charge in [0, 0.05) is 5.56 Å². The molecular formula is C12H10Br2OS. The average molecular weight is 362 g/mol. The molecule has 1 nitrogen and oxygen atoms in total. The van der Waals surface area contributed by atoms with Crippen LogP contribution in [0, 0.1) is 6.92 Å². The van der Waals surface area contributed by atoms with Gasteiger partial charge in [-0.05, 0) is 50.4 Å². The molecule has 0 saturated heterocycles. The van der Waals surface area contributed by atoms with Crippen LogP contribution in [0.1, 0.15) is 22.8 Å². The maximum atomic E-state index is 10.3. The zero-order valence-electron chi connectivity index (χ0n) is 8.58. The van der Waals surface area contributed by atoms with Gasteiger partial charge in [0.1, 0.15) is 6.10 Å². The van der Waals surface area contributed by atoms with Crippen LogP contribution < -0.4 is 0 Å². The summed E-state index contributed by atoms with van der Waals surface area (Å²) in [6.07, 6.45) is -0.572. The highest BCUT2D eigenvalue weighted by Crippen LogP contribution is 2.37. The van der Waals surface area contributed by atoms with Crippen LogP contribution in [-0.4, -0.2) is 5.11 Å². The second-order valence-corrected chi connectivity index (χ2v) is 7.35. The summed E-state index contributed by atoms with van der Waals surface area (Å²) in [5.41, 5.74) is 2.98. The molecule has 1 atom stereocenters. The van der Waals surface area contributed by atoms with Crippen molar-refractivity contribution >= 4 is 43.2 Å². The molecule has 0 spiro atoms. The molecule has 16 heavy (non-hydrogen) atoms. The Labute approximate surface area is 115 Å². The molecule has 0 radical (unpaired) electrons. The summed E-state index contributed by atoms with van der Waals surface area (Å²) in [5.74, 6) is 0. The van der Waals surface area contributed by atoms with E-state index in [9.17, 15) is 5.11 Å². The maximum Gasteiger partial charge on any atom is 0.106 e. The molecule has 1 N–H and O–H groups in total. The Balaban J connectivity index is 2.38. The highest BCUT2D eigenvalue weighted by molar-refractivity contribution is 9.12. The number of thiophene rings is 1. The van der Waals surface area contributed by atoms with Gasteiger partial charge in [0.15, 0.2) is 0 Å². The Morgan fingerprint density at radius 2 is 2.00 bits per heavy atom. The molecular weight excluding hydrogens is 352 g/mol. The lowest BCUT2D eigenvalue weighted by molar-refractivity contribution is 0.220. The second-order valence-electron chi connectivity index (χ2n) is 3.60. The third-order valence-electron chi connectivity index (χ3n) is 2.34. The van der Waals surface area contributed by atoms with Crippen LogP contribution in [-0.2, 0) is 0 Å². The van der Waals surface area contributed by atoms with E-state index in [0.717, 1.165) is 24.3 Å². The number of halogens is 2. The van der Waals surface area contributed by atoms with Crippen LogP contribution in [0.3, 0.4) is 0 Å². The molecule has 1 heterocycles. The van der Waals surface area contributed by atoms with Gasteiger partial charge in [-0.2, -0.15) is 0 Å². The SMILES string of the molecule is Cc1cccc(C(O)c2cc(Br)sc2Br)c1. The normalized spacial score (nSPS) is 12.8. The van der Waals surface area contributed by atoms with Crippen LogP contribution >= 0.6 is 43.2 Å². The average Bonchev–Trinajstić information content (AvgIpc) is 2.57. The summed E-state index contributed by atoms with van der Waals surface area (Å²) in [4.78, 5) is 0. The van der Waals surface area contributed by atoms with Crippen molar-refractivity contribution in [3.05, 3.63) is 54.6 Å². The third kappa shape index (κ3) is 2.56. The lowest BCUT2D eigenvalue weighted by Crippen LogP contribution is -1.98. The molecule has 0 amide bonds. The first-order valence-electron chi connectivity index (χ1n) is 4.77. The van der Waals surface area contributed by atoms with Crippen molar-refractivity contribution in [3.8, 4) is 0 Å². The highest BCUT2D eigenvalue weighted by Gasteiger charge is 2.16.